The molecule has 0 aliphatic carbocycles. The third-order valence-corrected chi connectivity index (χ3v) is 4.12. The highest BCUT2D eigenvalue weighted by Crippen LogP contribution is 2.30. The number of fused-ring (bicyclic) bond motifs is 1. The number of carbonyl (C=O) groups is 2. The molecule has 0 radical (unpaired) electrons. The van der Waals surface area contributed by atoms with E-state index in [9.17, 15) is 14.7 Å². The Kier molecular flexibility index (Phi) is 5.60. The van der Waals surface area contributed by atoms with Crippen LogP contribution in [0.15, 0.2) is 72.7 Å². The summed E-state index contributed by atoms with van der Waals surface area (Å²) in [5.74, 6) is -2.22. The van der Waals surface area contributed by atoms with Gasteiger partial charge in [-0.1, -0.05) is 42.5 Å². The Hall–Kier alpha value is -3.80. The van der Waals surface area contributed by atoms with Gasteiger partial charge in [-0.25, -0.2) is 9.59 Å². The van der Waals surface area contributed by atoms with Crippen molar-refractivity contribution in [3.63, 3.8) is 0 Å². The van der Waals surface area contributed by atoms with Crippen molar-refractivity contribution in [2.75, 3.05) is 14.2 Å². The van der Waals surface area contributed by atoms with Crippen LogP contribution in [-0.4, -0.2) is 31.3 Å². The summed E-state index contributed by atoms with van der Waals surface area (Å²) in [5, 5.41) is 11.7. The fourth-order valence-electron chi connectivity index (χ4n) is 2.77. The molecule has 0 unspecified atom stereocenters. The van der Waals surface area contributed by atoms with Gasteiger partial charge in [-0.05, 0) is 40.1 Å². The molecular weight excluding hydrogens is 360 g/mol. The van der Waals surface area contributed by atoms with Gasteiger partial charge < -0.3 is 19.3 Å². The summed E-state index contributed by atoms with van der Waals surface area (Å²) in [6.07, 6.45) is 1.05. The second-order valence-electron chi connectivity index (χ2n) is 5.89. The number of carboxylic acids is 1. The van der Waals surface area contributed by atoms with Crippen LogP contribution < -0.4 is 4.74 Å². The first-order valence-corrected chi connectivity index (χ1v) is 8.39. The molecule has 1 N–H and O–H groups in total. The van der Waals surface area contributed by atoms with Crippen LogP contribution in [0.2, 0.25) is 0 Å². The van der Waals surface area contributed by atoms with Crippen LogP contribution in [-0.2, 0) is 14.3 Å². The first-order valence-electron chi connectivity index (χ1n) is 8.39. The van der Waals surface area contributed by atoms with Gasteiger partial charge in [0.05, 0.1) is 14.2 Å². The van der Waals surface area contributed by atoms with Crippen molar-refractivity contribution >= 4 is 22.7 Å². The molecule has 6 heteroatoms. The van der Waals surface area contributed by atoms with Crippen molar-refractivity contribution in [1.82, 2.24) is 0 Å². The van der Waals surface area contributed by atoms with E-state index in [0.29, 0.717) is 5.56 Å². The number of carbonyl (C=O) groups excluding carboxylic acids is 1. The Bertz CT molecular complexity index is 1070. The third-order valence-electron chi connectivity index (χ3n) is 4.12. The van der Waals surface area contributed by atoms with Gasteiger partial charge in [-0.3, -0.25) is 0 Å². The maximum Gasteiger partial charge on any atom is 0.377 e. The Morgan fingerprint density at radius 3 is 2.25 bits per heavy atom. The average Bonchev–Trinajstić information content (AvgIpc) is 2.72. The number of esters is 1. The van der Waals surface area contributed by atoms with E-state index < -0.39 is 11.9 Å². The van der Waals surface area contributed by atoms with E-state index >= 15 is 0 Å². The van der Waals surface area contributed by atoms with Gasteiger partial charge in [0.2, 0.25) is 5.76 Å². The van der Waals surface area contributed by atoms with Crippen molar-refractivity contribution in [3.8, 4) is 16.9 Å². The van der Waals surface area contributed by atoms with Crippen LogP contribution in [0.1, 0.15) is 10.4 Å². The summed E-state index contributed by atoms with van der Waals surface area (Å²) < 4.78 is 14.9. The molecular formula is C22H18O6. The predicted molar refractivity (Wildman–Crippen MR) is 104 cm³/mol. The van der Waals surface area contributed by atoms with Gasteiger partial charge in [-0.15, -0.1) is 0 Å². The smallest absolute Gasteiger partial charge is 0.377 e. The first-order chi connectivity index (χ1) is 13.5. The lowest BCUT2D eigenvalue weighted by atomic mass is 9.99. The summed E-state index contributed by atoms with van der Waals surface area (Å²) >= 11 is 0. The summed E-state index contributed by atoms with van der Waals surface area (Å²) in [5.41, 5.74) is 1.50. The van der Waals surface area contributed by atoms with E-state index in [1.807, 2.05) is 42.5 Å². The molecule has 28 heavy (non-hydrogen) atoms. The van der Waals surface area contributed by atoms with Crippen LogP contribution in [0.3, 0.4) is 0 Å². The quantitative estimate of drug-likeness (QED) is 0.392. The molecule has 0 aliphatic rings. The highest BCUT2D eigenvalue weighted by molar-refractivity contribution is 5.94. The number of methoxy groups -OCH3 is 2. The van der Waals surface area contributed by atoms with Crippen LogP contribution in [0.4, 0.5) is 0 Å². The summed E-state index contributed by atoms with van der Waals surface area (Å²) in [4.78, 5) is 23.5. The number of hydrogen-bond donors (Lipinski definition) is 1. The van der Waals surface area contributed by atoms with E-state index in [2.05, 4.69) is 4.74 Å². The summed E-state index contributed by atoms with van der Waals surface area (Å²) in [6, 6.07) is 18.5. The van der Waals surface area contributed by atoms with Gasteiger partial charge in [0, 0.05) is 0 Å². The third kappa shape index (κ3) is 3.96. The monoisotopic (exact) mass is 378 g/mol. The second kappa shape index (κ2) is 8.26. The first kappa shape index (κ1) is 19.0. The molecule has 0 amide bonds. The molecule has 0 atom stereocenters. The lowest BCUT2D eigenvalue weighted by molar-refractivity contribution is -0.138. The van der Waals surface area contributed by atoms with E-state index in [-0.39, 0.29) is 17.1 Å². The highest BCUT2D eigenvalue weighted by Gasteiger charge is 2.19. The van der Waals surface area contributed by atoms with Gasteiger partial charge in [0.25, 0.3) is 0 Å². The van der Waals surface area contributed by atoms with Crippen molar-refractivity contribution in [2.24, 2.45) is 0 Å². The van der Waals surface area contributed by atoms with Gasteiger partial charge >= 0.3 is 11.9 Å². The number of carboxylic acid groups (broad SMARTS) is 1. The highest BCUT2D eigenvalue weighted by atomic mass is 16.6. The Morgan fingerprint density at radius 1 is 0.893 bits per heavy atom. The minimum Gasteiger partial charge on any atom is -0.500 e. The molecule has 6 nitrogen and oxygen atoms in total. The predicted octanol–water partition coefficient (Wildman–Crippen LogP) is 4.24. The number of aromatic carboxylic acids is 1. The molecule has 0 fully saturated rings. The van der Waals surface area contributed by atoms with Crippen molar-refractivity contribution in [1.29, 1.82) is 0 Å². The molecule has 0 spiro atoms. The molecule has 0 saturated carbocycles. The van der Waals surface area contributed by atoms with E-state index in [4.69, 9.17) is 9.47 Å². The fourth-order valence-corrected chi connectivity index (χ4v) is 2.77. The SMILES string of the molecule is COC=C(Oc1ccc(-c2ccc3ccccc3c2)cc1C(=O)O)C(=O)OC. The maximum absolute atomic E-state index is 11.8. The number of benzene rings is 3. The zero-order valence-electron chi connectivity index (χ0n) is 15.3. The molecule has 0 aromatic heterocycles. The number of rotatable bonds is 6. The minimum atomic E-state index is -1.18. The molecule has 0 heterocycles. The Labute approximate surface area is 161 Å². The van der Waals surface area contributed by atoms with Crippen molar-refractivity contribution < 1.29 is 28.9 Å². The normalized spacial score (nSPS) is 11.1. The van der Waals surface area contributed by atoms with E-state index in [0.717, 1.165) is 22.6 Å². The van der Waals surface area contributed by atoms with Crippen molar-refractivity contribution in [2.45, 2.75) is 0 Å². The molecule has 142 valence electrons. The molecule has 3 rings (SSSR count). The fraction of sp³-hybridized carbons (Fsp3) is 0.0909. The molecule has 3 aromatic rings. The molecule has 0 aliphatic heterocycles. The van der Waals surface area contributed by atoms with Crippen LogP contribution >= 0.6 is 0 Å². The number of hydrogen-bond acceptors (Lipinski definition) is 5. The Balaban J connectivity index is 2.02. The van der Waals surface area contributed by atoms with Gasteiger partial charge in [0.15, 0.2) is 0 Å². The largest absolute Gasteiger partial charge is 0.500 e. The van der Waals surface area contributed by atoms with E-state index in [1.165, 1.54) is 26.4 Å². The second-order valence-corrected chi connectivity index (χ2v) is 5.89. The lowest BCUT2D eigenvalue weighted by Crippen LogP contribution is -2.13. The van der Waals surface area contributed by atoms with Crippen LogP contribution in [0.25, 0.3) is 21.9 Å². The maximum atomic E-state index is 11.8. The average molecular weight is 378 g/mol. The summed E-state index contributed by atoms with van der Waals surface area (Å²) in [7, 11) is 2.53. The zero-order chi connectivity index (χ0) is 20.1. The van der Waals surface area contributed by atoms with E-state index in [1.54, 1.807) is 6.07 Å². The number of ether oxygens (including phenoxy) is 3. The van der Waals surface area contributed by atoms with Crippen LogP contribution in [0.5, 0.6) is 5.75 Å². The Morgan fingerprint density at radius 2 is 1.57 bits per heavy atom. The minimum absolute atomic E-state index is 0.00531. The van der Waals surface area contributed by atoms with Crippen LogP contribution in [0, 0.1) is 0 Å². The lowest BCUT2D eigenvalue weighted by Gasteiger charge is -2.12. The topological polar surface area (TPSA) is 82.1 Å². The summed E-state index contributed by atoms with van der Waals surface area (Å²) in [6.45, 7) is 0. The molecule has 0 bridgehead atoms. The molecule has 3 aromatic carbocycles. The molecule has 0 saturated heterocycles. The van der Waals surface area contributed by atoms with Gasteiger partial charge in [-0.2, -0.15) is 0 Å². The standard InChI is InChI=1S/C22H18O6/c1-26-13-20(22(25)27-2)28-19-10-9-17(12-18(19)21(23)24)16-8-7-14-5-3-4-6-15(14)11-16/h3-13H,1-2H3,(H,23,24). The van der Waals surface area contributed by atoms with Crippen molar-refractivity contribution in [3.05, 3.63) is 78.2 Å². The zero-order valence-corrected chi connectivity index (χ0v) is 15.3. The van der Waals surface area contributed by atoms with Gasteiger partial charge in [0.1, 0.15) is 17.6 Å².